The molecule has 0 saturated carbocycles. The van der Waals surface area contributed by atoms with Crippen molar-refractivity contribution in [3.63, 3.8) is 0 Å². The van der Waals surface area contributed by atoms with E-state index in [-0.39, 0.29) is 86.4 Å². The van der Waals surface area contributed by atoms with Crippen LogP contribution in [0.2, 0.25) is 0 Å². The van der Waals surface area contributed by atoms with Gasteiger partial charge in [0.1, 0.15) is 18.3 Å². The molecule has 7 rings (SSSR count). The molecule has 2 saturated heterocycles. The third-order valence-corrected chi connectivity index (χ3v) is 12.9. The molecule has 20 heteroatoms. The van der Waals surface area contributed by atoms with Crippen molar-refractivity contribution in [1.29, 1.82) is 0 Å². The number of methoxy groups -OCH3 is 7. The van der Waals surface area contributed by atoms with E-state index >= 15 is 0 Å². The van der Waals surface area contributed by atoms with Crippen LogP contribution in [0.1, 0.15) is 58.3 Å². The number of phenols is 2. The molecule has 390 valence electrons. The fourth-order valence-corrected chi connectivity index (χ4v) is 9.03. The van der Waals surface area contributed by atoms with Gasteiger partial charge in [-0.1, -0.05) is 18.2 Å². The lowest BCUT2D eigenvalue weighted by atomic mass is 9.84. The Kier molecular flexibility index (Phi) is 17.5. The molecule has 8 N–H and O–H groups in total. The lowest BCUT2D eigenvalue weighted by Gasteiger charge is -2.27. The van der Waals surface area contributed by atoms with E-state index in [2.05, 4.69) is 0 Å². The standard InChI is InChI=1S/C52H62O20/c1-61-36-14-26(8-11-33(36)56)46(58)43(21-53)70-35-13-10-28(16-38(35)63-3)48(60)45(23-55)72-52-41(66-6)19-30(20-42(52)67-7)50-32-25-68-49(31(32)24-69-50)29-17-39(64-4)51(40(18-29)65-5)71-44(22-54)47(59)27-9-12-34(57)37(15-27)62-2/h8-20,31-32,43-50,53-60H,21-25H2,1-7H3/t31-,32-,43+,44-,45-,46-,47+,48+,49+,50+/m1/s1. The van der Waals surface area contributed by atoms with Crippen LogP contribution in [0.3, 0.4) is 0 Å². The van der Waals surface area contributed by atoms with E-state index in [1.54, 1.807) is 24.3 Å². The van der Waals surface area contributed by atoms with Crippen LogP contribution in [0.4, 0.5) is 0 Å². The zero-order chi connectivity index (χ0) is 51.8. The molecule has 2 aliphatic heterocycles. The fraction of sp³-hybridized carbons (Fsp3) is 0.423. The fourth-order valence-electron chi connectivity index (χ4n) is 9.03. The Morgan fingerprint density at radius 1 is 0.417 bits per heavy atom. The first-order valence-corrected chi connectivity index (χ1v) is 22.8. The van der Waals surface area contributed by atoms with E-state index < -0.39 is 68.7 Å². The average molecular weight is 1010 g/mol. The Morgan fingerprint density at radius 3 is 1.07 bits per heavy atom. The first-order chi connectivity index (χ1) is 34.8. The summed E-state index contributed by atoms with van der Waals surface area (Å²) in [6.45, 7) is -1.17. The van der Waals surface area contributed by atoms with Crippen LogP contribution >= 0.6 is 0 Å². The van der Waals surface area contributed by atoms with Crippen molar-refractivity contribution in [1.82, 2.24) is 0 Å². The zero-order valence-corrected chi connectivity index (χ0v) is 40.8. The molecule has 5 aromatic rings. The van der Waals surface area contributed by atoms with Gasteiger partial charge in [-0.3, -0.25) is 0 Å². The third kappa shape index (κ3) is 10.9. The minimum absolute atomic E-state index is 0.106. The monoisotopic (exact) mass is 1010 g/mol. The molecule has 0 radical (unpaired) electrons. The van der Waals surface area contributed by atoms with Gasteiger partial charge in [0.15, 0.2) is 75.8 Å². The zero-order valence-electron chi connectivity index (χ0n) is 40.8. The topological polar surface area (TPSA) is 273 Å². The molecule has 0 spiro atoms. The maximum absolute atomic E-state index is 11.6. The first-order valence-electron chi connectivity index (χ1n) is 22.8. The second-order valence-electron chi connectivity index (χ2n) is 17.0. The molecule has 0 aliphatic carbocycles. The van der Waals surface area contributed by atoms with Crippen molar-refractivity contribution in [3.05, 3.63) is 107 Å². The molecule has 2 aliphatic rings. The lowest BCUT2D eigenvalue weighted by molar-refractivity contribution is -0.00349. The van der Waals surface area contributed by atoms with Crippen LogP contribution in [0.25, 0.3) is 0 Å². The van der Waals surface area contributed by atoms with Crippen molar-refractivity contribution in [2.45, 2.75) is 48.8 Å². The second-order valence-corrected chi connectivity index (χ2v) is 17.0. The van der Waals surface area contributed by atoms with Crippen molar-refractivity contribution in [3.8, 4) is 69.0 Å². The Bertz CT molecular complexity index is 2560. The summed E-state index contributed by atoms with van der Waals surface area (Å²) in [5.41, 5.74) is 2.33. The molecule has 2 heterocycles. The number of aromatic hydroxyl groups is 2. The van der Waals surface area contributed by atoms with Crippen LogP contribution in [-0.2, 0) is 9.47 Å². The molecule has 0 unspecified atom stereocenters. The smallest absolute Gasteiger partial charge is 0.204 e. The van der Waals surface area contributed by atoms with Gasteiger partial charge in [0.2, 0.25) is 11.5 Å². The van der Waals surface area contributed by atoms with Gasteiger partial charge in [-0.05, 0) is 88.5 Å². The molecule has 10 atom stereocenters. The van der Waals surface area contributed by atoms with Gasteiger partial charge in [-0.2, -0.15) is 0 Å². The maximum atomic E-state index is 11.6. The van der Waals surface area contributed by atoms with E-state index in [0.29, 0.717) is 35.5 Å². The van der Waals surface area contributed by atoms with Crippen molar-refractivity contribution in [2.75, 3.05) is 82.8 Å². The predicted molar refractivity (Wildman–Crippen MR) is 255 cm³/mol. The summed E-state index contributed by atoms with van der Waals surface area (Å²) in [5, 5.41) is 85.0. The van der Waals surface area contributed by atoms with Crippen molar-refractivity contribution >= 4 is 0 Å². The van der Waals surface area contributed by atoms with Crippen LogP contribution in [0.5, 0.6) is 69.0 Å². The quantitative estimate of drug-likeness (QED) is 0.0418. The van der Waals surface area contributed by atoms with E-state index in [0.717, 1.165) is 0 Å². The SMILES string of the molecule is COc1cc([C@@H](O)[C@H](CO)Oc2ccc([C@H](O)[C@@H](CO)Oc3c(OC)cc([C@@H]4OC[C@@H]5[C@H]4CO[C@H]5c4cc(OC)c(O[C@H](CO)[C@@H](O)c5ccc(O)c(OC)c5)c(OC)c4)cc3OC)cc2OC)ccc1O. The van der Waals surface area contributed by atoms with E-state index in [9.17, 15) is 40.9 Å². The highest BCUT2D eigenvalue weighted by molar-refractivity contribution is 5.57. The van der Waals surface area contributed by atoms with Crippen LogP contribution < -0.4 is 47.4 Å². The molecule has 0 amide bonds. The Labute approximate surface area is 415 Å². The number of hydrogen-bond donors (Lipinski definition) is 8. The molecule has 20 nitrogen and oxygen atoms in total. The molecule has 5 aromatic carbocycles. The number of fused-ring (bicyclic) bond motifs is 1. The highest BCUT2D eigenvalue weighted by Crippen LogP contribution is 2.54. The van der Waals surface area contributed by atoms with Crippen LogP contribution in [-0.4, -0.2) is 142 Å². The molecule has 0 aromatic heterocycles. The van der Waals surface area contributed by atoms with Gasteiger partial charge in [-0.15, -0.1) is 0 Å². The minimum atomic E-state index is -1.43. The summed E-state index contributed by atoms with van der Waals surface area (Å²) < 4.78 is 70.3. The van der Waals surface area contributed by atoms with Gasteiger partial charge in [0.05, 0.1) is 95.0 Å². The van der Waals surface area contributed by atoms with E-state index in [4.69, 9.17) is 56.8 Å². The highest BCUT2D eigenvalue weighted by atomic mass is 16.6. The summed E-state index contributed by atoms with van der Waals surface area (Å²) >= 11 is 0. The summed E-state index contributed by atoms with van der Waals surface area (Å²) in [6.07, 6.45) is -8.63. The molecular weight excluding hydrogens is 945 g/mol. The van der Waals surface area contributed by atoms with Gasteiger partial charge in [0, 0.05) is 11.8 Å². The summed E-state index contributed by atoms with van der Waals surface area (Å²) in [5.74, 6) is 1.28. The molecule has 0 bridgehead atoms. The normalized spacial score (nSPS) is 19.7. The van der Waals surface area contributed by atoms with Crippen molar-refractivity contribution < 1.29 is 97.7 Å². The predicted octanol–water partition coefficient (Wildman–Crippen LogP) is 4.65. The van der Waals surface area contributed by atoms with Crippen LogP contribution in [0.15, 0.2) is 78.9 Å². The number of aliphatic hydroxyl groups is 6. The Hall–Kier alpha value is -6.62. The maximum Gasteiger partial charge on any atom is 0.204 e. The van der Waals surface area contributed by atoms with E-state index in [1.165, 1.54) is 104 Å². The van der Waals surface area contributed by atoms with Crippen LogP contribution in [0, 0.1) is 11.8 Å². The third-order valence-electron chi connectivity index (χ3n) is 12.9. The van der Waals surface area contributed by atoms with Gasteiger partial charge < -0.3 is 97.7 Å². The Morgan fingerprint density at radius 2 is 0.736 bits per heavy atom. The summed E-state index contributed by atoms with van der Waals surface area (Å²) in [7, 11) is 9.94. The Balaban J connectivity index is 1.06. The van der Waals surface area contributed by atoms with Crippen molar-refractivity contribution in [2.24, 2.45) is 11.8 Å². The van der Waals surface area contributed by atoms with Gasteiger partial charge in [-0.25, -0.2) is 0 Å². The summed E-state index contributed by atoms with van der Waals surface area (Å²) in [6, 6.07) is 20.0. The molecule has 72 heavy (non-hydrogen) atoms. The number of aliphatic hydroxyl groups excluding tert-OH is 6. The highest BCUT2D eigenvalue weighted by Gasteiger charge is 2.49. The molecule has 2 fully saturated rings. The average Bonchev–Trinajstić information content (AvgIpc) is 4.03. The largest absolute Gasteiger partial charge is 0.504 e. The van der Waals surface area contributed by atoms with E-state index in [1.807, 2.05) is 0 Å². The summed E-state index contributed by atoms with van der Waals surface area (Å²) in [4.78, 5) is 0. The van der Waals surface area contributed by atoms with Gasteiger partial charge in [0.25, 0.3) is 0 Å². The number of benzene rings is 5. The molecular formula is C52H62O20. The lowest BCUT2D eigenvalue weighted by Crippen LogP contribution is -2.30. The number of ether oxygens (including phenoxy) is 12. The minimum Gasteiger partial charge on any atom is -0.504 e. The number of hydrogen-bond acceptors (Lipinski definition) is 20. The number of rotatable bonds is 24. The second kappa shape index (κ2) is 23.7. The van der Waals surface area contributed by atoms with Gasteiger partial charge >= 0.3 is 0 Å². The number of phenolic OH excluding ortho intramolecular Hbond substituents is 2. The first kappa shape index (κ1) is 53.2.